The lowest BCUT2D eigenvalue weighted by molar-refractivity contribution is -0.138. The summed E-state index contributed by atoms with van der Waals surface area (Å²) >= 11 is 0. The fraction of sp³-hybridized carbons (Fsp3) is 0.923. The number of carbonyl (C=O) groups is 1. The standard InChI is InChI=1S/C13H24N2O/c1-10(11-6-3-2-4-7-11)15-9-5-8-12(14)13(15)16/h10-12H,2-9,14H2,1H3. The lowest BCUT2D eigenvalue weighted by Crippen LogP contribution is -2.53. The second-order valence-electron chi connectivity index (χ2n) is 5.42. The molecule has 0 spiro atoms. The largest absolute Gasteiger partial charge is 0.338 e. The first-order chi connectivity index (χ1) is 7.70. The van der Waals surface area contributed by atoms with Gasteiger partial charge in [-0.3, -0.25) is 4.79 Å². The average molecular weight is 224 g/mol. The summed E-state index contributed by atoms with van der Waals surface area (Å²) in [4.78, 5) is 14.1. The Morgan fingerprint density at radius 2 is 1.88 bits per heavy atom. The first-order valence-electron chi connectivity index (χ1n) is 6.76. The number of hydrogen-bond donors (Lipinski definition) is 1. The molecule has 3 heteroatoms. The van der Waals surface area contributed by atoms with Gasteiger partial charge in [-0.15, -0.1) is 0 Å². The van der Waals surface area contributed by atoms with Gasteiger partial charge in [0.1, 0.15) is 0 Å². The molecule has 2 unspecified atom stereocenters. The van der Waals surface area contributed by atoms with Crippen molar-refractivity contribution in [2.45, 2.75) is 64.0 Å². The van der Waals surface area contributed by atoms with Crippen molar-refractivity contribution in [2.24, 2.45) is 11.7 Å². The van der Waals surface area contributed by atoms with Crippen LogP contribution in [0.5, 0.6) is 0 Å². The van der Waals surface area contributed by atoms with E-state index in [0.29, 0.717) is 12.0 Å². The molecule has 3 nitrogen and oxygen atoms in total. The molecule has 92 valence electrons. The van der Waals surface area contributed by atoms with Crippen LogP contribution >= 0.6 is 0 Å². The molecule has 1 amide bonds. The number of nitrogens with zero attached hydrogens (tertiary/aromatic N) is 1. The van der Waals surface area contributed by atoms with Crippen LogP contribution in [0.1, 0.15) is 51.9 Å². The van der Waals surface area contributed by atoms with Gasteiger partial charge < -0.3 is 10.6 Å². The van der Waals surface area contributed by atoms with E-state index in [1.54, 1.807) is 0 Å². The van der Waals surface area contributed by atoms with Gasteiger partial charge in [-0.1, -0.05) is 19.3 Å². The lowest BCUT2D eigenvalue weighted by Gasteiger charge is -2.40. The number of likely N-dealkylation sites (tertiary alicyclic amines) is 1. The quantitative estimate of drug-likeness (QED) is 0.778. The Hall–Kier alpha value is -0.570. The maximum Gasteiger partial charge on any atom is 0.239 e. The minimum atomic E-state index is -0.236. The van der Waals surface area contributed by atoms with E-state index in [1.807, 2.05) is 4.90 Å². The molecular weight excluding hydrogens is 200 g/mol. The van der Waals surface area contributed by atoms with Crippen LogP contribution in [-0.4, -0.2) is 29.4 Å². The van der Waals surface area contributed by atoms with Crippen molar-refractivity contribution >= 4 is 5.91 Å². The number of nitrogens with two attached hydrogens (primary N) is 1. The van der Waals surface area contributed by atoms with Crippen molar-refractivity contribution in [3.63, 3.8) is 0 Å². The van der Waals surface area contributed by atoms with Crippen molar-refractivity contribution < 1.29 is 4.79 Å². The molecule has 1 aliphatic carbocycles. The predicted molar refractivity (Wildman–Crippen MR) is 65.0 cm³/mol. The summed E-state index contributed by atoms with van der Waals surface area (Å²) in [7, 11) is 0. The SMILES string of the molecule is CC(C1CCCCC1)N1CCCC(N)C1=O. The van der Waals surface area contributed by atoms with Crippen LogP contribution in [-0.2, 0) is 4.79 Å². The van der Waals surface area contributed by atoms with Crippen molar-refractivity contribution in [2.75, 3.05) is 6.54 Å². The van der Waals surface area contributed by atoms with Crippen molar-refractivity contribution in [3.8, 4) is 0 Å². The molecule has 2 aliphatic rings. The summed E-state index contributed by atoms with van der Waals surface area (Å²) in [5.41, 5.74) is 5.84. The van der Waals surface area contributed by atoms with E-state index in [4.69, 9.17) is 5.73 Å². The monoisotopic (exact) mass is 224 g/mol. The van der Waals surface area contributed by atoms with Crippen LogP contribution < -0.4 is 5.73 Å². The molecule has 0 radical (unpaired) electrons. The summed E-state index contributed by atoms with van der Waals surface area (Å²) in [6.07, 6.45) is 8.57. The Bertz CT molecular complexity index is 248. The molecule has 1 saturated carbocycles. The molecule has 0 aromatic carbocycles. The van der Waals surface area contributed by atoms with Crippen LogP contribution in [0, 0.1) is 5.92 Å². The fourth-order valence-corrected chi connectivity index (χ4v) is 3.20. The van der Waals surface area contributed by atoms with E-state index >= 15 is 0 Å². The summed E-state index contributed by atoms with van der Waals surface area (Å²) in [6, 6.07) is 0.166. The van der Waals surface area contributed by atoms with Crippen LogP contribution in [0.2, 0.25) is 0 Å². The van der Waals surface area contributed by atoms with E-state index in [2.05, 4.69) is 6.92 Å². The first kappa shape index (κ1) is 11.9. The summed E-state index contributed by atoms with van der Waals surface area (Å²) in [6.45, 7) is 3.14. The normalized spacial score (nSPS) is 30.5. The minimum absolute atomic E-state index is 0.185. The van der Waals surface area contributed by atoms with Crippen molar-refractivity contribution in [1.82, 2.24) is 4.90 Å². The zero-order chi connectivity index (χ0) is 11.5. The fourth-order valence-electron chi connectivity index (χ4n) is 3.20. The van der Waals surface area contributed by atoms with Crippen LogP contribution in [0.25, 0.3) is 0 Å². The number of hydrogen-bond acceptors (Lipinski definition) is 2. The second kappa shape index (κ2) is 5.17. The van der Waals surface area contributed by atoms with Gasteiger partial charge in [0, 0.05) is 12.6 Å². The van der Waals surface area contributed by atoms with E-state index in [9.17, 15) is 4.79 Å². The number of rotatable bonds is 2. The lowest BCUT2D eigenvalue weighted by atomic mass is 9.83. The van der Waals surface area contributed by atoms with Crippen LogP contribution in [0.3, 0.4) is 0 Å². The first-order valence-corrected chi connectivity index (χ1v) is 6.76. The van der Waals surface area contributed by atoms with E-state index < -0.39 is 0 Å². The molecule has 0 aromatic heterocycles. The second-order valence-corrected chi connectivity index (χ2v) is 5.42. The Morgan fingerprint density at radius 3 is 2.56 bits per heavy atom. The maximum atomic E-state index is 12.0. The van der Waals surface area contributed by atoms with Crippen LogP contribution in [0.15, 0.2) is 0 Å². The van der Waals surface area contributed by atoms with Crippen LogP contribution in [0.4, 0.5) is 0 Å². The third-order valence-corrected chi connectivity index (χ3v) is 4.34. The molecule has 16 heavy (non-hydrogen) atoms. The summed E-state index contributed by atoms with van der Waals surface area (Å²) in [5.74, 6) is 0.896. The highest BCUT2D eigenvalue weighted by atomic mass is 16.2. The molecule has 2 N–H and O–H groups in total. The zero-order valence-corrected chi connectivity index (χ0v) is 10.3. The Kier molecular flexibility index (Phi) is 3.85. The number of carbonyl (C=O) groups excluding carboxylic acids is 1. The minimum Gasteiger partial charge on any atom is -0.338 e. The highest BCUT2D eigenvalue weighted by molar-refractivity contribution is 5.82. The van der Waals surface area contributed by atoms with Gasteiger partial charge in [0.25, 0.3) is 0 Å². The Labute approximate surface area is 98.4 Å². The van der Waals surface area contributed by atoms with Gasteiger partial charge in [0.05, 0.1) is 6.04 Å². The third-order valence-electron chi connectivity index (χ3n) is 4.34. The molecule has 1 aliphatic heterocycles. The van der Waals surface area contributed by atoms with Crippen molar-refractivity contribution in [3.05, 3.63) is 0 Å². The summed E-state index contributed by atoms with van der Waals surface area (Å²) < 4.78 is 0. The number of piperidine rings is 1. The summed E-state index contributed by atoms with van der Waals surface area (Å²) in [5, 5.41) is 0. The third kappa shape index (κ3) is 2.40. The highest BCUT2D eigenvalue weighted by Crippen LogP contribution is 2.30. The van der Waals surface area contributed by atoms with Gasteiger partial charge in [0.15, 0.2) is 0 Å². The molecule has 0 aromatic rings. The molecular formula is C13H24N2O. The van der Waals surface area contributed by atoms with E-state index in [1.165, 1.54) is 32.1 Å². The molecule has 2 atom stereocenters. The van der Waals surface area contributed by atoms with Crippen molar-refractivity contribution in [1.29, 1.82) is 0 Å². The molecule has 1 heterocycles. The molecule has 1 saturated heterocycles. The zero-order valence-electron chi connectivity index (χ0n) is 10.3. The van der Waals surface area contributed by atoms with Gasteiger partial charge in [-0.05, 0) is 38.5 Å². The maximum absolute atomic E-state index is 12.0. The van der Waals surface area contributed by atoms with Gasteiger partial charge in [-0.25, -0.2) is 0 Å². The van der Waals surface area contributed by atoms with Gasteiger partial charge in [-0.2, -0.15) is 0 Å². The van der Waals surface area contributed by atoms with E-state index in [0.717, 1.165) is 19.4 Å². The van der Waals surface area contributed by atoms with Gasteiger partial charge in [0.2, 0.25) is 5.91 Å². The number of amides is 1. The topological polar surface area (TPSA) is 46.3 Å². The predicted octanol–water partition coefficient (Wildman–Crippen LogP) is 1.90. The Morgan fingerprint density at radius 1 is 1.19 bits per heavy atom. The Balaban J connectivity index is 1.96. The molecule has 0 bridgehead atoms. The molecule has 2 fully saturated rings. The highest BCUT2D eigenvalue weighted by Gasteiger charge is 2.33. The van der Waals surface area contributed by atoms with Gasteiger partial charge >= 0.3 is 0 Å². The average Bonchev–Trinajstić information content (AvgIpc) is 2.33. The smallest absolute Gasteiger partial charge is 0.239 e. The van der Waals surface area contributed by atoms with E-state index in [-0.39, 0.29) is 11.9 Å². The molecule has 2 rings (SSSR count).